The highest BCUT2D eigenvalue weighted by Crippen LogP contribution is 2.38. The molecule has 0 spiro atoms. The number of nitrogens with zero attached hydrogens (tertiary/aromatic N) is 8. The molecule has 3 saturated heterocycles. The van der Waals surface area contributed by atoms with E-state index in [0.717, 1.165) is 104 Å². The molecule has 4 aliphatic rings. The van der Waals surface area contributed by atoms with E-state index in [0.29, 0.717) is 35.0 Å². The van der Waals surface area contributed by atoms with Crippen molar-refractivity contribution in [1.29, 1.82) is 0 Å². The number of carbonyl (C=O) groups is 2. The number of aromatic nitrogens is 4. The molecule has 2 amide bonds. The number of aromatic hydroxyl groups is 1. The number of likely N-dealkylation sites (tertiary alicyclic amines) is 2. The number of aryl methyl sites for hydroxylation is 2. The number of para-hydroxylation sites is 1. The van der Waals surface area contributed by atoms with Crippen LogP contribution in [0.3, 0.4) is 0 Å². The molecule has 0 bridgehead atoms. The van der Waals surface area contributed by atoms with Gasteiger partial charge >= 0.3 is 0 Å². The molecule has 6 atom stereocenters. The fraction of sp³-hybridized carbons (Fsp3) is 0.520. The molecule has 9 rings (SSSR count). The zero-order valence-electron chi connectivity index (χ0n) is 38.7. The maximum absolute atomic E-state index is 14.3. The number of anilines is 1. The van der Waals surface area contributed by atoms with Crippen LogP contribution in [0.1, 0.15) is 94.5 Å². The number of aliphatic hydroxyl groups excluding tert-OH is 1. The minimum Gasteiger partial charge on any atom is -0.507 e. The molecular formula is C50H63N9O6S. The van der Waals surface area contributed by atoms with Crippen molar-refractivity contribution in [2.45, 2.75) is 115 Å². The second-order valence-electron chi connectivity index (χ2n) is 18.9. The van der Waals surface area contributed by atoms with Crippen molar-refractivity contribution in [3.05, 3.63) is 88.9 Å². The number of hydrogen-bond acceptors (Lipinski definition) is 14. The number of β-amino-alcohol motifs (C(OH)–C–C–N with tert-alkyl or cyclic N) is 1. The Hall–Kier alpha value is -5.42. The summed E-state index contributed by atoms with van der Waals surface area (Å²) in [5.41, 5.74) is 8.44. The third kappa shape index (κ3) is 9.69. The molecule has 5 aromatic rings. The van der Waals surface area contributed by atoms with Gasteiger partial charge in [-0.25, -0.2) is 4.98 Å². The minimum atomic E-state index is -0.821. The summed E-state index contributed by atoms with van der Waals surface area (Å²) in [7, 11) is 0. The number of ether oxygens (including phenoxy) is 1. The second-order valence-corrected chi connectivity index (χ2v) is 19.8. The maximum atomic E-state index is 14.3. The number of carbonyl (C=O) groups excluding carboxylic acids is 2. The molecule has 0 saturated carbocycles. The van der Waals surface area contributed by atoms with Gasteiger partial charge in [-0.05, 0) is 99.4 Å². The number of amides is 2. The Morgan fingerprint density at radius 1 is 0.970 bits per heavy atom. The first-order valence-electron chi connectivity index (χ1n) is 23.7. The number of benzene rings is 2. The van der Waals surface area contributed by atoms with Crippen LogP contribution in [0.2, 0.25) is 0 Å². The van der Waals surface area contributed by atoms with Gasteiger partial charge in [0.15, 0.2) is 5.76 Å². The average molecular weight is 918 g/mol. The summed E-state index contributed by atoms with van der Waals surface area (Å²) in [6, 6.07) is 19.0. The smallest absolute Gasteiger partial charge is 0.254 e. The topological polar surface area (TPSA) is 174 Å². The summed E-state index contributed by atoms with van der Waals surface area (Å²) in [6.45, 7) is 15.7. The van der Waals surface area contributed by atoms with Gasteiger partial charge in [0.1, 0.15) is 23.8 Å². The average Bonchev–Trinajstić information content (AvgIpc) is 4.08. The Kier molecular flexibility index (Phi) is 13.7. The van der Waals surface area contributed by atoms with Crippen molar-refractivity contribution in [2.24, 2.45) is 5.92 Å². The van der Waals surface area contributed by atoms with Gasteiger partial charge in [0.05, 0.1) is 45.3 Å². The number of nitrogens with one attached hydrogen (secondary N) is 1. The number of hydrogen-bond donors (Lipinski definition) is 3. The van der Waals surface area contributed by atoms with Crippen LogP contribution >= 0.6 is 11.3 Å². The van der Waals surface area contributed by atoms with E-state index in [-0.39, 0.29) is 48.6 Å². The third-order valence-corrected chi connectivity index (χ3v) is 15.2. The predicted molar refractivity (Wildman–Crippen MR) is 253 cm³/mol. The summed E-state index contributed by atoms with van der Waals surface area (Å²) < 4.78 is 12.3. The molecule has 16 heteroatoms. The quantitative estimate of drug-likeness (QED) is 0.109. The van der Waals surface area contributed by atoms with Gasteiger partial charge in [-0.1, -0.05) is 57.2 Å². The van der Waals surface area contributed by atoms with Crippen LogP contribution in [-0.4, -0.2) is 133 Å². The van der Waals surface area contributed by atoms with E-state index >= 15 is 0 Å². The predicted octanol–water partition coefficient (Wildman–Crippen LogP) is 6.61. The molecule has 66 heavy (non-hydrogen) atoms. The van der Waals surface area contributed by atoms with Crippen molar-refractivity contribution >= 4 is 28.8 Å². The molecule has 3 aromatic heterocycles. The van der Waals surface area contributed by atoms with Crippen LogP contribution in [0.5, 0.6) is 11.6 Å². The molecule has 0 radical (unpaired) electrons. The van der Waals surface area contributed by atoms with E-state index in [1.165, 1.54) is 4.90 Å². The van der Waals surface area contributed by atoms with Gasteiger partial charge in [-0.2, -0.15) is 5.10 Å². The molecule has 4 aliphatic heterocycles. The molecule has 350 valence electrons. The first-order valence-corrected chi connectivity index (χ1v) is 24.6. The zero-order valence-corrected chi connectivity index (χ0v) is 39.5. The normalized spacial score (nSPS) is 21.9. The zero-order chi connectivity index (χ0) is 46.1. The number of rotatable bonds is 14. The lowest BCUT2D eigenvalue weighted by Gasteiger charge is -2.49. The lowest BCUT2D eigenvalue weighted by atomic mass is 9.91. The fourth-order valence-corrected chi connectivity index (χ4v) is 11.3. The molecule has 3 fully saturated rings. The first-order chi connectivity index (χ1) is 31.9. The highest BCUT2D eigenvalue weighted by Gasteiger charge is 2.44. The lowest BCUT2D eigenvalue weighted by Crippen LogP contribution is -2.59. The molecule has 0 aliphatic carbocycles. The van der Waals surface area contributed by atoms with Crippen molar-refractivity contribution in [3.63, 3.8) is 0 Å². The van der Waals surface area contributed by atoms with Gasteiger partial charge < -0.3 is 34.6 Å². The van der Waals surface area contributed by atoms with E-state index in [9.17, 15) is 19.8 Å². The summed E-state index contributed by atoms with van der Waals surface area (Å²) in [4.78, 5) is 42.8. The van der Waals surface area contributed by atoms with E-state index in [4.69, 9.17) is 9.26 Å². The lowest BCUT2D eigenvalue weighted by molar-refractivity contribution is -0.141. The van der Waals surface area contributed by atoms with Crippen LogP contribution < -0.4 is 15.0 Å². The van der Waals surface area contributed by atoms with Crippen LogP contribution in [0.25, 0.3) is 21.7 Å². The Balaban J connectivity index is 0.767. The molecular weight excluding hydrogens is 855 g/mol. The maximum Gasteiger partial charge on any atom is 0.254 e. The van der Waals surface area contributed by atoms with Crippen molar-refractivity contribution < 1.29 is 29.1 Å². The van der Waals surface area contributed by atoms with E-state index in [1.54, 1.807) is 23.5 Å². The summed E-state index contributed by atoms with van der Waals surface area (Å²) in [6.07, 6.45) is 4.17. The molecule has 15 nitrogen and oxygen atoms in total. The number of thiazole rings is 1. The van der Waals surface area contributed by atoms with Crippen molar-refractivity contribution in [2.75, 3.05) is 50.7 Å². The highest BCUT2D eigenvalue weighted by atomic mass is 32.1. The fourth-order valence-electron chi connectivity index (χ4n) is 10.5. The van der Waals surface area contributed by atoms with Crippen molar-refractivity contribution in [1.82, 2.24) is 40.4 Å². The first kappa shape index (κ1) is 45.7. The summed E-state index contributed by atoms with van der Waals surface area (Å²) in [5.74, 6) is -0.518. The number of phenolic OH excluding ortho intramolecular Hbond substituents is 1. The number of aliphatic hydroxyl groups is 1. The number of fused-ring (bicyclic) bond motifs is 3. The van der Waals surface area contributed by atoms with Crippen LogP contribution in [-0.2, 0) is 16.0 Å². The SMILES string of the molecule is CCC(CN1CCC(N2CCN3c4cc(-c5ccccc5O)nnc4CC[C@H]3C2)CC1)Oc1cc(C(C(=O)N2C[C@H](O)C[C@H]2C(=O)N[C@@H](C)c2ccc(-c3scnc3C)cc2)C(C)C)on1. The van der Waals surface area contributed by atoms with Gasteiger partial charge in [0.2, 0.25) is 11.8 Å². The minimum absolute atomic E-state index is 0.0627. The van der Waals surface area contributed by atoms with E-state index in [2.05, 4.69) is 53.3 Å². The van der Waals surface area contributed by atoms with Gasteiger partial charge in [0, 0.05) is 62.9 Å². The third-order valence-electron chi connectivity index (χ3n) is 14.2. The Morgan fingerprint density at radius 2 is 1.76 bits per heavy atom. The molecule has 3 N–H and O–H groups in total. The monoisotopic (exact) mass is 917 g/mol. The number of piperidine rings is 1. The van der Waals surface area contributed by atoms with E-state index < -0.39 is 18.1 Å². The molecule has 7 heterocycles. The summed E-state index contributed by atoms with van der Waals surface area (Å²) in [5, 5.41) is 37.7. The second kappa shape index (κ2) is 19.8. The molecule has 2 unspecified atom stereocenters. The van der Waals surface area contributed by atoms with Crippen LogP contribution in [0.15, 0.2) is 70.7 Å². The summed E-state index contributed by atoms with van der Waals surface area (Å²) >= 11 is 1.60. The van der Waals surface area contributed by atoms with Gasteiger partial charge in [0.25, 0.3) is 5.88 Å². The number of phenols is 1. The van der Waals surface area contributed by atoms with Crippen LogP contribution in [0, 0.1) is 12.8 Å². The Labute approximate surface area is 391 Å². The number of piperazine rings is 1. The highest BCUT2D eigenvalue weighted by molar-refractivity contribution is 7.13. The standard InChI is InChI=1S/C50H63N9O6S/c1-6-38(28-56-19-17-35(18-20-56)57-21-22-58-36(26-57)15-16-40-42(58)24-41(54-53-40)39-9-7-8-10-44(39)61)64-46-25-45(65-55-46)47(30(2)3)50(63)59-27-37(60)23-43(59)49(62)52-31(4)33-11-13-34(14-12-33)48-32(5)51-29-66-48/h7-14,24-25,29-31,35-38,43,47,60-61H,6,15-23,26-28H2,1-5H3,(H,52,62)/t31-,36-,37+,38?,43-,47?/m0/s1. The van der Waals surface area contributed by atoms with Crippen molar-refractivity contribution in [3.8, 4) is 33.3 Å². The van der Waals surface area contributed by atoms with Gasteiger partial charge in [-0.3, -0.25) is 19.4 Å². The molecule has 2 aromatic carbocycles. The Bertz CT molecular complexity index is 2470. The largest absolute Gasteiger partial charge is 0.507 e. The Morgan fingerprint density at radius 3 is 2.48 bits per heavy atom. The van der Waals surface area contributed by atoms with Crippen LogP contribution in [0.4, 0.5) is 5.69 Å². The van der Waals surface area contributed by atoms with E-state index in [1.807, 2.05) is 75.7 Å². The van der Waals surface area contributed by atoms with Gasteiger partial charge in [-0.15, -0.1) is 16.4 Å².